The number of methoxy groups -OCH3 is 1. The van der Waals surface area contributed by atoms with Crippen LogP contribution in [0.2, 0.25) is 0 Å². The Morgan fingerprint density at radius 1 is 1.31 bits per heavy atom. The summed E-state index contributed by atoms with van der Waals surface area (Å²) in [6.07, 6.45) is 4.54. The van der Waals surface area contributed by atoms with Gasteiger partial charge in [-0.3, -0.25) is 4.68 Å². The largest absolute Gasteiger partial charge is 0.494 e. The van der Waals surface area contributed by atoms with Gasteiger partial charge in [0, 0.05) is 29.9 Å². The number of benzene rings is 1. The summed E-state index contributed by atoms with van der Waals surface area (Å²) in [6.45, 7) is 6.68. The molecule has 0 spiro atoms. The Bertz CT molecular complexity index is 959. The lowest BCUT2D eigenvalue weighted by atomic mass is 10.1. The molecule has 0 aliphatic carbocycles. The second-order valence-corrected chi connectivity index (χ2v) is 5.98. The first-order valence-corrected chi connectivity index (χ1v) is 8.60. The summed E-state index contributed by atoms with van der Waals surface area (Å²) in [7, 11) is 1.40. The molecule has 1 aromatic carbocycles. The third-order valence-corrected chi connectivity index (χ3v) is 4.29. The molecule has 6 nitrogen and oxygen atoms in total. The zero-order valence-electron chi connectivity index (χ0n) is 15.4. The van der Waals surface area contributed by atoms with E-state index in [1.165, 1.54) is 19.2 Å². The van der Waals surface area contributed by atoms with Crippen molar-refractivity contribution in [1.82, 2.24) is 14.3 Å². The number of carbonyl (C=O) groups excluding carboxylic acids is 1. The summed E-state index contributed by atoms with van der Waals surface area (Å²) in [5, 5.41) is 4.92. The van der Waals surface area contributed by atoms with Crippen molar-refractivity contribution in [2.24, 2.45) is 0 Å². The van der Waals surface area contributed by atoms with Gasteiger partial charge in [-0.1, -0.05) is 6.92 Å². The third-order valence-electron chi connectivity index (χ3n) is 4.29. The molecule has 0 N–H and O–H groups in total. The van der Waals surface area contributed by atoms with Gasteiger partial charge in [0.25, 0.3) is 0 Å². The number of ether oxygens (including phenoxy) is 2. The van der Waals surface area contributed by atoms with Crippen LogP contribution in [0.25, 0.3) is 16.6 Å². The summed E-state index contributed by atoms with van der Waals surface area (Å²) in [6, 6.07) is 2.91. The van der Waals surface area contributed by atoms with E-state index < -0.39 is 11.8 Å². The number of carbonyl (C=O) groups is 1. The Balaban J connectivity index is 2.29. The molecule has 2 aromatic heterocycles. The molecule has 2 heterocycles. The van der Waals surface area contributed by atoms with E-state index in [-0.39, 0.29) is 12.4 Å². The van der Waals surface area contributed by atoms with Crippen molar-refractivity contribution in [3.8, 4) is 11.4 Å². The van der Waals surface area contributed by atoms with Gasteiger partial charge in [0.05, 0.1) is 36.7 Å². The lowest BCUT2D eigenvalue weighted by molar-refractivity contribution is 0.0527. The van der Waals surface area contributed by atoms with Crippen molar-refractivity contribution in [2.75, 3.05) is 13.7 Å². The monoisotopic (exact) mass is 359 g/mol. The number of nitrogens with zero attached hydrogens (tertiary/aromatic N) is 3. The van der Waals surface area contributed by atoms with Crippen LogP contribution in [-0.4, -0.2) is 34.0 Å². The number of rotatable bonds is 6. The molecule has 26 heavy (non-hydrogen) atoms. The fraction of sp³-hybridized carbons (Fsp3) is 0.368. The molecule has 0 atom stereocenters. The first kappa shape index (κ1) is 18.0. The van der Waals surface area contributed by atoms with Crippen LogP contribution in [0.1, 0.15) is 36.3 Å². The van der Waals surface area contributed by atoms with Crippen molar-refractivity contribution in [2.45, 2.75) is 33.7 Å². The van der Waals surface area contributed by atoms with Gasteiger partial charge in [-0.05, 0) is 26.3 Å². The molecule has 0 fully saturated rings. The van der Waals surface area contributed by atoms with Crippen molar-refractivity contribution >= 4 is 16.9 Å². The number of hydrogen-bond acceptors (Lipinski definition) is 4. The number of esters is 1. The molecule has 0 radical (unpaired) electrons. The highest BCUT2D eigenvalue weighted by atomic mass is 19.1. The Kier molecular flexibility index (Phi) is 4.97. The van der Waals surface area contributed by atoms with E-state index >= 15 is 0 Å². The topological polar surface area (TPSA) is 58.3 Å². The van der Waals surface area contributed by atoms with Gasteiger partial charge in [-0.2, -0.15) is 5.10 Å². The van der Waals surface area contributed by atoms with Crippen LogP contribution in [0.4, 0.5) is 4.39 Å². The van der Waals surface area contributed by atoms with E-state index in [1.807, 2.05) is 22.4 Å². The van der Waals surface area contributed by atoms with Crippen molar-refractivity contribution < 1.29 is 18.7 Å². The summed E-state index contributed by atoms with van der Waals surface area (Å²) in [4.78, 5) is 12.5. The van der Waals surface area contributed by atoms with Crippen LogP contribution < -0.4 is 4.74 Å². The van der Waals surface area contributed by atoms with Gasteiger partial charge in [0.2, 0.25) is 0 Å². The number of halogens is 1. The fourth-order valence-corrected chi connectivity index (χ4v) is 3.19. The van der Waals surface area contributed by atoms with E-state index in [4.69, 9.17) is 9.47 Å². The van der Waals surface area contributed by atoms with Crippen LogP contribution in [-0.2, 0) is 11.3 Å². The molecule has 0 saturated carbocycles. The molecule has 3 rings (SSSR count). The predicted molar refractivity (Wildman–Crippen MR) is 96.6 cm³/mol. The average Bonchev–Trinajstić information content (AvgIpc) is 3.16. The maximum absolute atomic E-state index is 14.4. The summed E-state index contributed by atoms with van der Waals surface area (Å²) >= 11 is 0. The number of aryl methyl sites for hydroxylation is 1. The summed E-state index contributed by atoms with van der Waals surface area (Å²) in [5.74, 6) is -0.847. The molecule has 0 amide bonds. The summed E-state index contributed by atoms with van der Waals surface area (Å²) < 4.78 is 28.3. The van der Waals surface area contributed by atoms with Gasteiger partial charge < -0.3 is 14.0 Å². The zero-order valence-corrected chi connectivity index (χ0v) is 15.4. The molecule has 7 heteroatoms. The van der Waals surface area contributed by atoms with E-state index in [2.05, 4.69) is 12.0 Å². The normalized spacial score (nSPS) is 11.1. The van der Waals surface area contributed by atoms with E-state index in [1.54, 1.807) is 13.1 Å². The van der Waals surface area contributed by atoms with Crippen LogP contribution in [0.15, 0.2) is 24.5 Å². The first-order chi connectivity index (χ1) is 12.5. The highest BCUT2D eigenvalue weighted by Crippen LogP contribution is 2.34. The van der Waals surface area contributed by atoms with Crippen molar-refractivity contribution in [3.63, 3.8) is 0 Å². The second-order valence-electron chi connectivity index (χ2n) is 5.98. The number of aromatic nitrogens is 3. The molecule has 3 aromatic rings. The first-order valence-electron chi connectivity index (χ1n) is 8.60. The fourth-order valence-electron chi connectivity index (χ4n) is 3.19. The quantitative estimate of drug-likeness (QED) is 0.627. The maximum Gasteiger partial charge on any atom is 0.340 e. The van der Waals surface area contributed by atoms with E-state index in [9.17, 15) is 9.18 Å². The maximum atomic E-state index is 14.4. The Hall–Kier alpha value is -2.83. The number of hydrogen-bond donors (Lipinski definition) is 0. The molecule has 0 saturated heterocycles. The Morgan fingerprint density at radius 2 is 2.08 bits per heavy atom. The van der Waals surface area contributed by atoms with Crippen LogP contribution >= 0.6 is 0 Å². The van der Waals surface area contributed by atoms with Crippen molar-refractivity contribution in [3.05, 3.63) is 41.6 Å². The SMILES string of the molecule is CCCn1cc(-n2c(C)c(C(=O)OCC)c3cc(OC)c(F)cc32)cn1. The number of fused-ring (bicyclic) bond motifs is 1. The minimum Gasteiger partial charge on any atom is -0.494 e. The smallest absolute Gasteiger partial charge is 0.340 e. The average molecular weight is 359 g/mol. The van der Waals surface area contributed by atoms with Crippen LogP contribution in [0.5, 0.6) is 5.75 Å². The Morgan fingerprint density at radius 3 is 2.73 bits per heavy atom. The Labute approximate surface area is 151 Å². The molecule has 0 aliphatic heterocycles. The molecular weight excluding hydrogens is 337 g/mol. The molecule has 0 aliphatic rings. The summed E-state index contributed by atoms with van der Waals surface area (Å²) in [5.41, 5.74) is 2.41. The van der Waals surface area contributed by atoms with Gasteiger partial charge in [0.15, 0.2) is 11.6 Å². The highest BCUT2D eigenvalue weighted by Gasteiger charge is 2.24. The molecule has 0 unspecified atom stereocenters. The minimum atomic E-state index is -0.491. The van der Waals surface area contributed by atoms with E-state index in [0.29, 0.717) is 22.2 Å². The van der Waals surface area contributed by atoms with Crippen molar-refractivity contribution in [1.29, 1.82) is 0 Å². The molecular formula is C19H22FN3O3. The second kappa shape index (κ2) is 7.19. The lowest BCUT2D eigenvalue weighted by Crippen LogP contribution is -2.07. The van der Waals surface area contributed by atoms with Gasteiger partial charge in [-0.25, -0.2) is 9.18 Å². The molecule has 0 bridgehead atoms. The highest BCUT2D eigenvalue weighted by molar-refractivity contribution is 6.07. The lowest BCUT2D eigenvalue weighted by Gasteiger charge is -2.06. The van der Waals surface area contributed by atoms with Gasteiger partial charge in [0.1, 0.15) is 0 Å². The van der Waals surface area contributed by atoms with Crippen LogP contribution in [0.3, 0.4) is 0 Å². The zero-order chi connectivity index (χ0) is 18.8. The van der Waals surface area contributed by atoms with Gasteiger partial charge in [-0.15, -0.1) is 0 Å². The van der Waals surface area contributed by atoms with Gasteiger partial charge >= 0.3 is 5.97 Å². The minimum absolute atomic E-state index is 0.0851. The third kappa shape index (κ3) is 2.94. The predicted octanol–water partition coefficient (Wildman–Crippen LogP) is 3.87. The molecule has 138 valence electrons. The van der Waals surface area contributed by atoms with E-state index in [0.717, 1.165) is 18.7 Å². The van der Waals surface area contributed by atoms with Crippen LogP contribution in [0, 0.1) is 12.7 Å². The standard InChI is InChI=1S/C19H22FN3O3/c1-5-7-22-11-13(10-21-22)23-12(3)18(19(24)26-6-2)14-8-17(25-4)15(20)9-16(14)23/h8-11H,5-7H2,1-4H3.